The quantitative estimate of drug-likeness (QED) is 0.674. The van der Waals surface area contributed by atoms with Crippen LogP contribution in [0, 0.1) is 6.92 Å². The van der Waals surface area contributed by atoms with Crippen molar-refractivity contribution < 1.29 is 29.6 Å². The Morgan fingerprint density at radius 3 is 2.68 bits per heavy atom. The van der Waals surface area contributed by atoms with Crippen LogP contribution in [0.25, 0.3) is 0 Å². The summed E-state index contributed by atoms with van der Waals surface area (Å²) in [6.45, 7) is 2.48. The fourth-order valence-corrected chi connectivity index (χ4v) is 2.43. The van der Waals surface area contributed by atoms with Crippen LogP contribution in [-0.2, 0) is 10.3 Å². The van der Waals surface area contributed by atoms with Gasteiger partial charge >= 0.3 is 5.97 Å². The number of fused-ring (bicyclic) bond motifs is 1. The average Bonchev–Trinajstić information content (AvgIpc) is 2.38. The number of benzene rings is 1. The van der Waals surface area contributed by atoms with Gasteiger partial charge in [0.05, 0.1) is 13.7 Å². The number of hydrogen-bond acceptors (Lipinski definition) is 6. The van der Waals surface area contributed by atoms with Crippen molar-refractivity contribution in [2.45, 2.75) is 25.6 Å². The van der Waals surface area contributed by atoms with Crippen molar-refractivity contribution in [3.63, 3.8) is 0 Å². The van der Waals surface area contributed by atoms with Crippen LogP contribution in [-0.4, -0.2) is 41.1 Å². The van der Waals surface area contributed by atoms with Crippen molar-refractivity contribution in [1.29, 1.82) is 0 Å². The molecule has 0 radical (unpaired) electrons. The van der Waals surface area contributed by atoms with Gasteiger partial charge in [0.15, 0.2) is 5.60 Å². The molecule has 0 bridgehead atoms. The van der Waals surface area contributed by atoms with Gasteiger partial charge in [-0.1, -0.05) is 0 Å². The van der Waals surface area contributed by atoms with Crippen molar-refractivity contribution in [1.82, 2.24) is 0 Å². The molecule has 0 saturated carbocycles. The second-order valence-corrected chi connectivity index (χ2v) is 4.60. The summed E-state index contributed by atoms with van der Waals surface area (Å²) < 4.78 is 10.1. The second-order valence-electron chi connectivity index (χ2n) is 4.60. The van der Waals surface area contributed by atoms with Crippen molar-refractivity contribution in [2.24, 2.45) is 0 Å². The topological polar surface area (TPSA) is 96.2 Å². The Labute approximate surface area is 110 Å². The number of methoxy groups -OCH3 is 1. The highest BCUT2D eigenvalue weighted by atomic mass is 16.6. The number of esters is 1. The minimum atomic E-state index is -1.76. The highest BCUT2D eigenvalue weighted by Gasteiger charge is 2.48. The summed E-state index contributed by atoms with van der Waals surface area (Å²) in [6.07, 6.45) is -0.928. The Hall–Kier alpha value is -1.79. The van der Waals surface area contributed by atoms with Gasteiger partial charge in [0, 0.05) is 11.6 Å². The maximum absolute atomic E-state index is 11.9. The Kier molecular flexibility index (Phi) is 3.15. The number of aliphatic hydroxyl groups is 2. The lowest BCUT2D eigenvalue weighted by Crippen LogP contribution is -2.49. The van der Waals surface area contributed by atoms with Crippen molar-refractivity contribution in [3.05, 3.63) is 22.8 Å². The average molecular weight is 268 g/mol. The number of phenols is 1. The first-order chi connectivity index (χ1) is 8.86. The van der Waals surface area contributed by atoms with Gasteiger partial charge in [-0.3, -0.25) is 0 Å². The molecule has 1 aromatic carbocycles. The minimum Gasteiger partial charge on any atom is -0.507 e. The first-order valence-electron chi connectivity index (χ1n) is 5.82. The van der Waals surface area contributed by atoms with Crippen LogP contribution >= 0.6 is 0 Å². The third-order valence-corrected chi connectivity index (χ3v) is 3.57. The van der Waals surface area contributed by atoms with Gasteiger partial charge in [0.2, 0.25) is 0 Å². The molecule has 104 valence electrons. The molecule has 2 rings (SSSR count). The summed E-state index contributed by atoms with van der Waals surface area (Å²) in [5, 5.41) is 29.9. The van der Waals surface area contributed by atoms with E-state index in [1.54, 1.807) is 6.92 Å². The summed E-state index contributed by atoms with van der Waals surface area (Å²) in [5.74, 6) is -0.755. The molecule has 0 amide bonds. The van der Waals surface area contributed by atoms with Gasteiger partial charge < -0.3 is 24.8 Å². The number of cyclic esters (lactones) is 1. The predicted octanol–water partition coefficient (Wildman–Crippen LogP) is 0.448. The monoisotopic (exact) mass is 268 g/mol. The Morgan fingerprint density at radius 1 is 1.53 bits per heavy atom. The van der Waals surface area contributed by atoms with E-state index in [1.165, 1.54) is 20.1 Å². The van der Waals surface area contributed by atoms with E-state index in [9.17, 15) is 20.1 Å². The Bertz CT molecular complexity index is 538. The van der Waals surface area contributed by atoms with Gasteiger partial charge in [0.25, 0.3) is 0 Å². The molecule has 0 aromatic heterocycles. The number of carbonyl (C=O) groups excluding carboxylic acids is 1. The molecular weight excluding hydrogens is 252 g/mol. The van der Waals surface area contributed by atoms with E-state index >= 15 is 0 Å². The third-order valence-electron chi connectivity index (χ3n) is 3.57. The fraction of sp³-hybridized carbons (Fsp3) is 0.462. The highest BCUT2D eigenvalue weighted by molar-refractivity contribution is 5.96. The number of aliphatic hydroxyl groups excluding tert-OH is 1. The molecule has 0 aliphatic carbocycles. The number of carbonyl (C=O) groups is 1. The number of ether oxygens (including phenoxy) is 2. The normalized spacial score (nSPS) is 25.7. The minimum absolute atomic E-state index is 0.132. The summed E-state index contributed by atoms with van der Waals surface area (Å²) >= 11 is 0. The van der Waals surface area contributed by atoms with Crippen LogP contribution in [0.3, 0.4) is 0 Å². The van der Waals surface area contributed by atoms with Gasteiger partial charge in [-0.2, -0.15) is 0 Å². The van der Waals surface area contributed by atoms with Crippen LogP contribution in [0.2, 0.25) is 0 Å². The zero-order valence-corrected chi connectivity index (χ0v) is 10.9. The van der Waals surface area contributed by atoms with Crippen LogP contribution in [0.5, 0.6) is 11.5 Å². The molecule has 0 fully saturated rings. The van der Waals surface area contributed by atoms with E-state index in [4.69, 9.17) is 9.47 Å². The second kappa shape index (κ2) is 4.40. The van der Waals surface area contributed by atoms with E-state index in [-0.39, 0.29) is 16.9 Å². The Morgan fingerprint density at radius 2 is 2.16 bits per heavy atom. The fourth-order valence-electron chi connectivity index (χ4n) is 2.43. The lowest BCUT2D eigenvalue weighted by atomic mass is 9.80. The molecule has 0 spiro atoms. The van der Waals surface area contributed by atoms with E-state index < -0.39 is 24.3 Å². The highest BCUT2D eigenvalue weighted by Crippen LogP contribution is 2.44. The maximum Gasteiger partial charge on any atom is 0.342 e. The number of rotatable bonds is 2. The standard InChI is InChI=1S/C13H16O6/c1-6-9(18-3)4-8(15)10-11(6)13(17,5-14)7(2)19-12(10)16/h4,7,14-15,17H,5H2,1-3H3. The van der Waals surface area contributed by atoms with Crippen LogP contribution in [0.1, 0.15) is 28.4 Å². The summed E-state index contributed by atoms with van der Waals surface area (Å²) in [4.78, 5) is 11.9. The molecule has 2 unspecified atom stereocenters. The van der Waals surface area contributed by atoms with Gasteiger partial charge in [0.1, 0.15) is 23.2 Å². The molecule has 19 heavy (non-hydrogen) atoms. The van der Waals surface area contributed by atoms with E-state index in [0.717, 1.165) is 0 Å². The SMILES string of the molecule is COc1cc(O)c2c(c1C)C(O)(CO)C(C)OC2=O. The van der Waals surface area contributed by atoms with E-state index in [1.807, 2.05) is 0 Å². The molecule has 1 aromatic rings. The molecule has 1 aliphatic heterocycles. The van der Waals surface area contributed by atoms with E-state index in [0.29, 0.717) is 11.3 Å². The van der Waals surface area contributed by atoms with Gasteiger partial charge in [-0.15, -0.1) is 0 Å². The molecule has 1 heterocycles. The lowest BCUT2D eigenvalue weighted by Gasteiger charge is -2.38. The predicted molar refractivity (Wildman–Crippen MR) is 65.3 cm³/mol. The van der Waals surface area contributed by atoms with Crippen molar-refractivity contribution in [2.75, 3.05) is 13.7 Å². The number of phenolic OH excluding ortho intramolecular Hbond substituents is 1. The van der Waals surface area contributed by atoms with Gasteiger partial charge in [-0.05, 0) is 19.4 Å². The Balaban J connectivity index is 2.83. The van der Waals surface area contributed by atoms with E-state index in [2.05, 4.69) is 0 Å². The molecular formula is C13H16O6. The van der Waals surface area contributed by atoms with Crippen LogP contribution in [0.4, 0.5) is 0 Å². The molecule has 3 N–H and O–H groups in total. The smallest absolute Gasteiger partial charge is 0.342 e. The summed E-state index contributed by atoms with van der Waals surface area (Å²) in [5.41, 5.74) is -1.27. The van der Waals surface area contributed by atoms with Crippen LogP contribution < -0.4 is 4.74 Å². The van der Waals surface area contributed by atoms with Gasteiger partial charge in [-0.25, -0.2) is 4.79 Å². The number of aromatic hydroxyl groups is 1. The first-order valence-corrected chi connectivity index (χ1v) is 5.82. The molecule has 6 heteroatoms. The third kappa shape index (κ3) is 1.75. The lowest BCUT2D eigenvalue weighted by molar-refractivity contribution is -0.119. The molecule has 6 nitrogen and oxygen atoms in total. The zero-order valence-electron chi connectivity index (χ0n) is 10.9. The molecule has 1 aliphatic rings. The van der Waals surface area contributed by atoms with Crippen LogP contribution in [0.15, 0.2) is 6.07 Å². The maximum atomic E-state index is 11.9. The summed E-state index contributed by atoms with van der Waals surface area (Å²) in [7, 11) is 1.41. The summed E-state index contributed by atoms with van der Waals surface area (Å²) in [6, 6.07) is 1.28. The zero-order chi connectivity index (χ0) is 14.4. The largest absolute Gasteiger partial charge is 0.507 e. The van der Waals surface area contributed by atoms with Crippen molar-refractivity contribution in [3.8, 4) is 11.5 Å². The molecule has 0 saturated heterocycles. The molecule has 2 atom stereocenters. The van der Waals surface area contributed by atoms with Crippen molar-refractivity contribution >= 4 is 5.97 Å². The first kappa shape index (κ1) is 13.6. The number of hydrogen-bond donors (Lipinski definition) is 3.